The van der Waals surface area contributed by atoms with Gasteiger partial charge in [0.1, 0.15) is 5.69 Å². The average Bonchev–Trinajstić information content (AvgIpc) is 2.62. The highest BCUT2D eigenvalue weighted by atomic mass is 16.5. The Hall–Kier alpha value is -1.45. The van der Waals surface area contributed by atoms with Gasteiger partial charge in [0.05, 0.1) is 12.8 Å². The second-order valence-corrected chi connectivity index (χ2v) is 2.72. The Morgan fingerprint density at radius 3 is 3.08 bits per heavy atom. The Balaban J connectivity index is 2.58. The van der Waals surface area contributed by atoms with Gasteiger partial charge in [0, 0.05) is 12.7 Å². The van der Waals surface area contributed by atoms with Crippen LogP contribution in [0.25, 0.3) is 0 Å². The molecule has 1 rings (SSSR count). The number of ether oxygens (including phenoxy) is 1. The van der Waals surface area contributed by atoms with Gasteiger partial charge < -0.3 is 15.0 Å². The average molecular weight is 182 g/mol. The van der Waals surface area contributed by atoms with Crippen molar-refractivity contribution < 1.29 is 9.53 Å². The molecule has 13 heavy (non-hydrogen) atoms. The third-order valence-corrected chi connectivity index (χ3v) is 1.67. The number of esters is 1. The lowest BCUT2D eigenvalue weighted by atomic mass is 10.4. The van der Waals surface area contributed by atoms with Crippen molar-refractivity contribution in [3.63, 3.8) is 0 Å². The summed E-state index contributed by atoms with van der Waals surface area (Å²) in [6, 6.07) is 1.74. The van der Waals surface area contributed by atoms with E-state index in [2.05, 4.69) is 22.0 Å². The third kappa shape index (κ3) is 2.50. The summed E-state index contributed by atoms with van der Waals surface area (Å²) in [5, 5.41) is 3.15. The van der Waals surface area contributed by atoms with Gasteiger partial charge in [-0.15, -0.1) is 0 Å². The van der Waals surface area contributed by atoms with Gasteiger partial charge in [-0.3, -0.25) is 0 Å². The van der Waals surface area contributed by atoms with Gasteiger partial charge in [-0.25, -0.2) is 4.79 Å². The molecule has 2 N–H and O–H groups in total. The van der Waals surface area contributed by atoms with Crippen LogP contribution >= 0.6 is 0 Å². The quantitative estimate of drug-likeness (QED) is 0.696. The molecule has 0 saturated carbocycles. The SMILES string of the molecule is CCCNc1c[nH]c(C(=O)OC)c1. The number of hydrogen-bond donors (Lipinski definition) is 2. The van der Waals surface area contributed by atoms with Crippen molar-refractivity contribution in [3.05, 3.63) is 18.0 Å². The van der Waals surface area contributed by atoms with Crippen molar-refractivity contribution in [1.82, 2.24) is 4.98 Å². The molecule has 0 aliphatic heterocycles. The highest BCUT2D eigenvalue weighted by Gasteiger charge is 2.06. The summed E-state index contributed by atoms with van der Waals surface area (Å²) in [5.41, 5.74) is 1.39. The van der Waals surface area contributed by atoms with Crippen molar-refractivity contribution in [3.8, 4) is 0 Å². The molecule has 0 bridgehead atoms. The first kappa shape index (κ1) is 9.64. The van der Waals surface area contributed by atoms with Crippen molar-refractivity contribution >= 4 is 11.7 Å². The van der Waals surface area contributed by atoms with E-state index >= 15 is 0 Å². The van der Waals surface area contributed by atoms with Gasteiger partial charge in [0.25, 0.3) is 0 Å². The number of rotatable bonds is 4. The van der Waals surface area contributed by atoms with E-state index in [1.54, 1.807) is 12.3 Å². The van der Waals surface area contributed by atoms with E-state index in [9.17, 15) is 4.79 Å². The van der Waals surface area contributed by atoms with Crippen LogP contribution in [0.15, 0.2) is 12.3 Å². The summed E-state index contributed by atoms with van der Waals surface area (Å²) >= 11 is 0. The van der Waals surface area contributed by atoms with Crippen LogP contribution in [0.3, 0.4) is 0 Å². The number of nitrogens with one attached hydrogen (secondary N) is 2. The molecular weight excluding hydrogens is 168 g/mol. The summed E-state index contributed by atoms with van der Waals surface area (Å²) in [7, 11) is 1.36. The van der Waals surface area contributed by atoms with Gasteiger partial charge in [0.2, 0.25) is 0 Å². The Morgan fingerprint density at radius 1 is 1.69 bits per heavy atom. The summed E-state index contributed by atoms with van der Waals surface area (Å²) in [5.74, 6) is -0.343. The molecule has 0 aromatic carbocycles. The second-order valence-electron chi connectivity index (χ2n) is 2.72. The highest BCUT2D eigenvalue weighted by molar-refractivity contribution is 5.88. The molecule has 0 radical (unpaired) electrons. The Labute approximate surface area is 77.3 Å². The maximum atomic E-state index is 11.0. The fraction of sp³-hybridized carbons (Fsp3) is 0.444. The van der Waals surface area contributed by atoms with E-state index in [4.69, 9.17) is 0 Å². The van der Waals surface area contributed by atoms with Crippen LogP contribution in [0.4, 0.5) is 5.69 Å². The maximum Gasteiger partial charge on any atom is 0.354 e. The van der Waals surface area contributed by atoms with Gasteiger partial charge in [0.15, 0.2) is 0 Å². The molecule has 0 unspecified atom stereocenters. The summed E-state index contributed by atoms with van der Waals surface area (Å²) in [4.78, 5) is 13.8. The van der Waals surface area contributed by atoms with E-state index in [0.717, 1.165) is 18.7 Å². The number of aromatic nitrogens is 1. The largest absolute Gasteiger partial charge is 0.464 e. The fourth-order valence-electron chi connectivity index (χ4n) is 0.994. The molecule has 0 atom stereocenters. The van der Waals surface area contributed by atoms with E-state index in [1.165, 1.54) is 7.11 Å². The summed E-state index contributed by atoms with van der Waals surface area (Å²) in [6.45, 7) is 2.99. The van der Waals surface area contributed by atoms with Gasteiger partial charge in [-0.2, -0.15) is 0 Å². The van der Waals surface area contributed by atoms with E-state index < -0.39 is 0 Å². The molecule has 4 nitrogen and oxygen atoms in total. The first-order chi connectivity index (χ1) is 6.27. The number of aromatic amines is 1. The number of methoxy groups -OCH3 is 1. The Morgan fingerprint density at radius 2 is 2.46 bits per heavy atom. The highest BCUT2D eigenvalue weighted by Crippen LogP contribution is 2.09. The van der Waals surface area contributed by atoms with Crippen LogP contribution in [0.2, 0.25) is 0 Å². The van der Waals surface area contributed by atoms with Crippen molar-refractivity contribution in [2.45, 2.75) is 13.3 Å². The normalized spacial score (nSPS) is 9.69. The Kier molecular flexibility index (Phi) is 3.37. The lowest BCUT2D eigenvalue weighted by Crippen LogP contribution is -2.01. The molecular formula is C9H14N2O2. The smallest absolute Gasteiger partial charge is 0.354 e. The van der Waals surface area contributed by atoms with Gasteiger partial charge >= 0.3 is 5.97 Å². The van der Waals surface area contributed by atoms with E-state index in [0.29, 0.717) is 5.69 Å². The van der Waals surface area contributed by atoms with Crippen molar-refractivity contribution in [1.29, 1.82) is 0 Å². The van der Waals surface area contributed by atoms with Crippen LogP contribution in [0.5, 0.6) is 0 Å². The standard InChI is InChI=1S/C9H14N2O2/c1-3-4-10-7-5-8(11-6-7)9(12)13-2/h5-6,10-11H,3-4H2,1-2H3. The predicted octanol–water partition coefficient (Wildman–Crippen LogP) is 1.62. The maximum absolute atomic E-state index is 11.0. The van der Waals surface area contributed by atoms with E-state index in [1.807, 2.05) is 0 Å². The molecule has 0 aliphatic rings. The molecule has 0 fully saturated rings. The molecule has 1 heterocycles. The molecule has 0 saturated heterocycles. The third-order valence-electron chi connectivity index (χ3n) is 1.67. The minimum Gasteiger partial charge on any atom is -0.464 e. The summed E-state index contributed by atoms with van der Waals surface area (Å²) < 4.78 is 4.56. The molecule has 72 valence electrons. The number of carbonyl (C=O) groups is 1. The first-order valence-electron chi connectivity index (χ1n) is 4.28. The monoisotopic (exact) mass is 182 g/mol. The summed E-state index contributed by atoms with van der Waals surface area (Å²) in [6.07, 6.45) is 2.81. The first-order valence-corrected chi connectivity index (χ1v) is 4.28. The minimum absolute atomic E-state index is 0.343. The number of carbonyl (C=O) groups excluding carboxylic acids is 1. The van der Waals surface area contributed by atoms with Crippen LogP contribution < -0.4 is 5.32 Å². The zero-order valence-corrected chi connectivity index (χ0v) is 7.89. The molecule has 0 amide bonds. The lowest BCUT2D eigenvalue weighted by molar-refractivity contribution is 0.0595. The molecule has 4 heteroatoms. The minimum atomic E-state index is -0.343. The van der Waals surface area contributed by atoms with Crippen molar-refractivity contribution in [2.75, 3.05) is 19.0 Å². The number of anilines is 1. The van der Waals surface area contributed by atoms with E-state index in [-0.39, 0.29) is 5.97 Å². The zero-order valence-electron chi connectivity index (χ0n) is 7.89. The molecule has 0 spiro atoms. The number of hydrogen-bond acceptors (Lipinski definition) is 3. The van der Waals surface area contributed by atoms with Crippen LogP contribution in [-0.2, 0) is 4.74 Å². The zero-order chi connectivity index (χ0) is 9.68. The Bertz CT molecular complexity index is 281. The topological polar surface area (TPSA) is 54.1 Å². The van der Waals surface area contributed by atoms with Crippen LogP contribution in [0.1, 0.15) is 23.8 Å². The fourth-order valence-corrected chi connectivity index (χ4v) is 0.994. The number of H-pyrrole nitrogens is 1. The van der Waals surface area contributed by atoms with Crippen LogP contribution in [0, 0.1) is 0 Å². The molecule has 1 aromatic rings. The molecule has 1 aromatic heterocycles. The van der Waals surface area contributed by atoms with Crippen LogP contribution in [-0.4, -0.2) is 24.6 Å². The van der Waals surface area contributed by atoms with Gasteiger partial charge in [-0.1, -0.05) is 6.92 Å². The van der Waals surface area contributed by atoms with Crippen molar-refractivity contribution in [2.24, 2.45) is 0 Å². The second kappa shape index (κ2) is 4.54. The predicted molar refractivity (Wildman–Crippen MR) is 50.9 cm³/mol. The lowest BCUT2D eigenvalue weighted by Gasteiger charge is -1.98. The van der Waals surface area contributed by atoms with Gasteiger partial charge in [-0.05, 0) is 12.5 Å². The molecule has 0 aliphatic carbocycles.